The highest BCUT2D eigenvalue weighted by molar-refractivity contribution is 7.12. The highest BCUT2D eigenvalue weighted by atomic mass is 32.1. The number of rotatable bonds is 4. The summed E-state index contributed by atoms with van der Waals surface area (Å²) in [6.07, 6.45) is 0. The van der Waals surface area contributed by atoms with Gasteiger partial charge in [-0.1, -0.05) is 30.3 Å². The Morgan fingerprint density at radius 1 is 1.28 bits per heavy atom. The summed E-state index contributed by atoms with van der Waals surface area (Å²) in [5.74, 6) is 0.00820. The lowest BCUT2D eigenvalue weighted by Crippen LogP contribution is -2.30. The first-order valence-corrected chi connectivity index (χ1v) is 6.76. The topological polar surface area (TPSA) is 46.3 Å². The van der Waals surface area contributed by atoms with E-state index in [1.807, 2.05) is 42.6 Å². The molecule has 4 heteroatoms. The van der Waals surface area contributed by atoms with Gasteiger partial charge in [0.05, 0.1) is 5.69 Å². The Balaban J connectivity index is 2.15. The van der Waals surface area contributed by atoms with Crippen molar-refractivity contribution in [2.75, 3.05) is 12.3 Å². The molecule has 0 aliphatic heterocycles. The van der Waals surface area contributed by atoms with Gasteiger partial charge in [0.1, 0.15) is 4.88 Å². The molecule has 0 radical (unpaired) electrons. The van der Waals surface area contributed by atoms with Gasteiger partial charge in [0.15, 0.2) is 0 Å². The second kappa shape index (κ2) is 5.69. The van der Waals surface area contributed by atoms with Crippen molar-refractivity contribution in [1.82, 2.24) is 4.90 Å². The molecular formula is C14H16N2OS. The maximum absolute atomic E-state index is 12.3. The van der Waals surface area contributed by atoms with E-state index < -0.39 is 0 Å². The number of benzene rings is 1. The molecule has 0 fully saturated rings. The minimum atomic E-state index is 0.00820. The van der Waals surface area contributed by atoms with Gasteiger partial charge in [-0.15, -0.1) is 11.3 Å². The van der Waals surface area contributed by atoms with Crippen LogP contribution in [0.2, 0.25) is 0 Å². The Morgan fingerprint density at radius 2 is 2.00 bits per heavy atom. The molecule has 0 unspecified atom stereocenters. The number of nitrogen functional groups attached to an aromatic ring is 1. The second-order valence-corrected chi connectivity index (χ2v) is 4.93. The third-order valence-electron chi connectivity index (χ3n) is 2.78. The van der Waals surface area contributed by atoms with Crippen molar-refractivity contribution in [3.63, 3.8) is 0 Å². The standard InChI is InChI=1S/C14H16N2OS/c1-2-16(10-11-6-4-3-5-7-11)14(17)13-12(15)8-9-18-13/h3-9H,2,10,15H2,1H3. The van der Waals surface area contributed by atoms with Crippen LogP contribution in [-0.2, 0) is 6.54 Å². The Bertz CT molecular complexity index is 522. The Morgan fingerprint density at radius 3 is 2.56 bits per heavy atom. The van der Waals surface area contributed by atoms with Crippen LogP contribution in [0.1, 0.15) is 22.2 Å². The van der Waals surface area contributed by atoms with Crippen molar-refractivity contribution in [1.29, 1.82) is 0 Å². The number of nitrogens with zero attached hydrogens (tertiary/aromatic N) is 1. The minimum Gasteiger partial charge on any atom is -0.397 e. The smallest absolute Gasteiger partial charge is 0.266 e. The van der Waals surface area contributed by atoms with Gasteiger partial charge in [0.2, 0.25) is 0 Å². The number of carbonyl (C=O) groups is 1. The number of carbonyl (C=O) groups excluding carboxylic acids is 1. The van der Waals surface area contributed by atoms with Crippen molar-refractivity contribution in [3.05, 3.63) is 52.2 Å². The van der Waals surface area contributed by atoms with Crippen LogP contribution in [0.25, 0.3) is 0 Å². The Kier molecular flexibility index (Phi) is 3.99. The molecule has 0 spiro atoms. The van der Waals surface area contributed by atoms with Crippen molar-refractivity contribution in [3.8, 4) is 0 Å². The minimum absolute atomic E-state index is 0.00820. The monoisotopic (exact) mass is 260 g/mol. The summed E-state index contributed by atoms with van der Waals surface area (Å²) in [4.78, 5) is 14.8. The molecule has 3 nitrogen and oxygen atoms in total. The predicted molar refractivity (Wildman–Crippen MR) is 75.6 cm³/mol. The quantitative estimate of drug-likeness (QED) is 0.918. The third kappa shape index (κ3) is 2.71. The zero-order valence-electron chi connectivity index (χ0n) is 10.3. The molecule has 1 heterocycles. The van der Waals surface area contributed by atoms with Gasteiger partial charge >= 0.3 is 0 Å². The van der Waals surface area contributed by atoms with E-state index in [2.05, 4.69) is 0 Å². The lowest BCUT2D eigenvalue weighted by atomic mass is 10.2. The maximum Gasteiger partial charge on any atom is 0.266 e. The second-order valence-electron chi connectivity index (χ2n) is 4.01. The number of hydrogen-bond acceptors (Lipinski definition) is 3. The van der Waals surface area contributed by atoms with Crippen LogP contribution in [0.3, 0.4) is 0 Å². The fourth-order valence-electron chi connectivity index (χ4n) is 1.77. The van der Waals surface area contributed by atoms with Gasteiger partial charge in [0, 0.05) is 13.1 Å². The van der Waals surface area contributed by atoms with Gasteiger partial charge in [-0.3, -0.25) is 4.79 Å². The van der Waals surface area contributed by atoms with Crippen LogP contribution in [0.5, 0.6) is 0 Å². The van der Waals surface area contributed by atoms with E-state index >= 15 is 0 Å². The largest absolute Gasteiger partial charge is 0.397 e. The first-order valence-electron chi connectivity index (χ1n) is 5.88. The Labute approximate surface area is 111 Å². The molecule has 94 valence electrons. The van der Waals surface area contributed by atoms with Crippen LogP contribution < -0.4 is 5.73 Å². The molecule has 0 saturated carbocycles. The van der Waals surface area contributed by atoms with Gasteiger partial charge in [-0.2, -0.15) is 0 Å². The van der Waals surface area contributed by atoms with E-state index in [-0.39, 0.29) is 5.91 Å². The summed E-state index contributed by atoms with van der Waals surface area (Å²) < 4.78 is 0. The fourth-order valence-corrected chi connectivity index (χ4v) is 2.55. The van der Waals surface area contributed by atoms with Crippen molar-refractivity contribution < 1.29 is 4.79 Å². The normalized spacial score (nSPS) is 10.3. The molecule has 0 aliphatic rings. The van der Waals surface area contributed by atoms with Crippen LogP contribution >= 0.6 is 11.3 Å². The molecule has 0 bridgehead atoms. The van der Waals surface area contributed by atoms with Crippen LogP contribution in [0.4, 0.5) is 5.69 Å². The summed E-state index contributed by atoms with van der Waals surface area (Å²) in [5, 5.41) is 1.85. The molecule has 2 rings (SSSR count). The number of hydrogen-bond donors (Lipinski definition) is 1. The average molecular weight is 260 g/mol. The van der Waals surface area contributed by atoms with Crippen molar-refractivity contribution in [2.45, 2.75) is 13.5 Å². The molecule has 0 saturated heterocycles. The van der Waals surface area contributed by atoms with E-state index in [0.717, 1.165) is 5.56 Å². The Hall–Kier alpha value is -1.81. The van der Waals surface area contributed by atoms with Crippen molar-refractivity contribution >= 4 is 22.9 Å². The SMILES string of the molecule is CCN(Cc1ccccc1)C(=O)c1sccc1N. The van der Waals surface area contributed by atoms with Crippen LogP contribution in [-0.4, -0.2) is 17.4 Å². The molecule has 18 heavy (non-hydrogen) atoms. The zero-order chi connectivity index (χ0) is 13.0. The molecule has 1 amide bonds. The summed E-state index contributed by atoms with van der Waals surface area (Å²) in [7, 11) is 0. The first-order chi connectivity index (χ1) is 8.72. The zero-order valence-corrected chi connectivity index (χ0v) is 11.1. The fraction of sp³-hybridized carbons (Fsp3) is 0.214. The highest BCUT2D eigenvalue weighted by Gasteiger charge is 2.17. The highest BCUT2D eigenvalue weighted by Crippen LogP contribution is 2.21. The maximum atomic E-state index is 12.3. The molecule has 0 atom stereocenters. The van der Waals surface area contributed by atoms with E-state index in [1.165, 1.54) is 11.3 Å². The van der Waals surface area contributed by atoms with E-state index in [1.54, 1.807) is 11.0 Å². The molecule has 0 aliphatic carbocycles. The van der Waals surface area contributed by atoms with Gasteiger partial charge in [0.25, 0.3) is 5.91 Å². The summed E-state index contributed by atoms with van der Waals surface area (Å²) in [6.45, 7) is 3.27. The molecule has 1 aromatic carbocycles. The van der Waals surface area contributed by atoms with Crippen LogP contribution in [0, 0.1) is 0 Å². The number of thiophene rings is 1. The average Bonchev–Trinajstić information content (AvgIpc) is 2.82. The van der Waals surface area contributed by atoms with Crippen LogP contribution in [0.15, 0.2) is 41.8 Å². The summed E-state index contributed by atoms with van der Waals surface area (Å²) >= 11 is 1.40. The number of anilines is 1. The lowest BCUT2D eigenvalue weighted by Gasteiger charge is -2.20. The van der Waals surface area contributed by atoms with Crippen molar-refractivity contribution in [2.24, 2.45) is 0 Å². The third-order valence-corrected chi connectivity index (χ3v) is 3.69. The van der Waals surface area contributed by atoms with Gasteiger partial charge in [-0.05, 0) is 23.9 Å². The number of amides is 1. The molecule has 2 N–H and O–H groups in total. The lowest BCUT2D eigenvalue weighted by molar-refractivity contribution is 0.0758. The van der Waals surface area contributed by atoms with Gasteiger partial charge < -0.3 is 10.6 Å². The molecule has 1 aromatic heterocycles. The van der Waals surface area contributed by atoms with E-state index in [0.29, 0.717) is 23.7 Å². The van der Waals surface area contributed by atoms with E-state index in [9.17, 15) is 4.79 Å². The van der Waals surface area contributed by atoms with E-state index in [4.69, 9.17) is 5.73 Å². The summed E-state index contributed by atoms with van der Waals surface area (Å²) in [5.41, 5.74) is 7.48. The predicted octanol–water partition coefficient (Wildman–Crippen LogP) is 2.99. The molecule has 2 aromatic rings. The summed E-state index contributed by atoms with van der Waals surface area (Å²) in [6, 6.07) is 11.7. The molecular weight excluding hydrogens is 244 g/mol. The number of nitrogens with two attached hydrogens (primary N) is 1. The first kappa shape index (κ1) is 12.6. The van der Waals surface area contributed by atoms with Gasteiger partial charge in [-0.25, -0.2) is 0 Å².